The van der Waals surface area contributed by atoms with Crippen molar-refractivity contribution in [2.24, 2.45) is 0 Å². The minimum absolute atomic E-state index is 0.803. The molecule has 9 aromatic rings. The van der Waals surface area contributed by atoms with Crippen LogP contribution >= 0.6 is 0 Å². The Morgan fingerprint density at radius 1 is 0.381 bits per heavy atom. The smallest absolute Gasteiger partial charge is 0.156 e. The zero-order valence-corrected chi connectivity index (χ0v) is 22.6. The van der Waals surface area contributed by atoms with E-state index in [0.29, 0.717) is 0 Å². The summed E-state index contributed by atoms with van der Waals surface area (Å²) in [6, 6.07) is 47.2. The van der Waals surface area contributed by atoms with E-state index in [1.54, 1.807) is 0 Å². The summed E-state index contributed by atoms with van der Waals surface area (Å²) in [6.07, 6.45) is 3.77. The highest BCUT2D eigenvalue weighted by Gasteiger charge is 2.20. The number of fused-ring (bicyclic) bond motifs is 9. The van der Waals surface area contributed by atoms with E-state index in [1.165, 1.54) is 43.4 Å². The van der Waals surface area contributed by atoms with Crippen LogP contribution in [0, 0.1) is 0 Å². The van der Waals surface area contributed by atoms with E-state index in [9.17, 15) is 0 Å². The van der Waals surface area contributed by atoms with Gasteiger partial charge >= 0.3 is 0 Å². The minimum atomic E-state index is 0.803. The van der Waals surface area contributed by atoms with Gasteiger partial charge in [0.1, 0.15) is 0 Å². The zero-order valence-electron chi connectivity index (χ0n) is 22.6. The van der Waals surface area contributed by atoms with Gasteiger partial charge in [0.15, 0.2) is 5.82 Å². The van der Waals surface area contributed by atoms with E-state index < -0.39 is 0 Å². The highest BCUT2D eigenvalue weighted by Crippen LogP contribution is 2.41. The predicted molar refractivity (Wildman–Crippen MR) is 174 cm³/mol. The third-order valence-electron chi connectivity index (χ3n) is 8.41. The lowest BCUT2D eigenvalue weighted by atomic mass is 10.0. The van der Waals surface area contributed by atoms with E-state index in [-0.39, 0.29) is 0 Å². The molecule has 0 saturated carbocycles. The molecule has 3 aromatic heterocycles. The van der Waals surface area contributed by atoms with Crippen LogP contribution in [-0.4, -0.2) is 19.1 Å². The van der Waals surface area contributed by atoms with Crippen molar-refractivity contribution in [2.75, 3.05) is 0 Å². The van der Waals surface area contributed by atoms with Gasteiger partial charge in [0.2, 0.25) is 0 Å². The molecule has 196 valence electrons. The van der Waals surface area contributed by atoms with Crippen molar-refractivity contribution in [1.29, 1.82) is 0 Å². The molecule has 3 heterocycles. The fraction of sp³-hybridized carbons (Fsp3) is 0. The average Bonchev–Trinajstić information content (AvgIpc) is 3.59. The molecule has 6 aromatic carbocycles. The molecule has 4 heteroatoms. The molecule has 0 N–H and O–H groups in total. The summed E-state index contributed by atoms with van der Waals surface area (Å²) in [6.45, 7) is 0. The molecule has 0 fully saturated rings. The van der Waals surface area contributed by atoms with Gasteiger partial charge in [-0.3, -0.25) is 9.55 Å². The Balaban J connectivity index is 1.40. The van der Waals surface area contributed by atoms with Crippen molar-refractivity contribution in [2.45, 2.75) is 0 Å². The summed E-state index contributed by atoms with van der Waals surface area (Å²) in [7, 11) is 0. The van der Waals surface area contributed by atoms with Crippen LogP contribution in [0.1, 0.15) is 0 Å². The normalized spacial score (nSPS) is 11.8. The largest absolute Gasteiger partial charge is 0.309 e. The summed E-state index contributed by atoms with van der Waals surface area (Å²) in [5.74, 6) is 0.803. The number of hydrogen-bond donors (Lipinski definition) is 0. The summed E-state index contributed by atoms with van der Waals surface area (Å²) in [5.41, 5.74) is 7.74. The van der Waals surface area contributed by atoms with Crippen molar-refractivity contribution >= 4 is 54.4 Å². The lowest BCUT2D eigenvalue weighted by Gasteiger charge is -2.12. The number of aromatic nitrogens is 4. The van der Waals surface area contributed by atoms with Crippen LogP contribution in [-0.2, 0) is 0 Å². The highest BCUT2D eigenvalue weighted by atomic mass is 15.1. The van der Waals surface area contributed by atoms with Crippen molar-refractivity contribution in [3.63, 3.8) is 0 Å². The van der Waals surface area contributed by atoms with Crippen LogP contribution in [0.5, 0.6) is 0 Å². The van der Waals surface area contributed by atoms with Gasteiger partial charge in [0, 0.05) is 43.6 Å². The van der Waals surface area contributed by atoms with Crippen molar-refractivity contribution in [3.8, 4) is 22.8 Å². The van der Waals surface area contributed by atoms with E-state index in [0.717, 1.165) is 33.8 Å². The second-order valence-electron chi connectivity index (χ2n) is 10.7. The third-order valence-corrected chi connectivity index (χ3v) is 8.41. The molecule has 0 amide bonds. The molecule has 0 aliphatic carbocycles. The van der Waals surface area contributed by atoms with Gasteiger partial charge in [-0.15, -0.1) is 0 Å². The van der Waals surface area contributed by atoms with Gasteiger partial charge in [-0.05, 0) is 24.3 Å². The fourth-order valence-corrected chi connectivity index (χ4v) is 6.60. The van der Waals surface area contributed by atoms with Crippen molar-refractivity contribution in [1.82, 2.24) is 19.1 Å². The van der Waals surface area contributed by atoms with Crippen LogP contribution in [0.4, 0.5) is 0 Å². The van der Waals surface area contributed by atoms with Crippen LogP contribution in [0.25, 0.3) is 77.1 Å². The van der Waals surface area contributed by atoms with E-state index in [4.69, 9.17) is 9.97 Å². The fourth-order valence-electron chi connectivity index (χ4n) is 6.60. The first-order valence-electron chi connectivity index (χ1n) is 14.2. The maximum Gasteiger partial charge on any atom is 0.156 e. The first kappa shape index (κ1) is 23.0. The monoisotopic (exact) mass is 536 g/mol. The molecular formula is C38H24N4. The molecule has 0 aliphatic heterocycles. The predicted octanol–water partition coefficient (Wildman–Crippen LogP) is 9.49. The number of para-hydroxylation sites is 3. The van der Waals surface area contributed by atoms with E-state index in [2.05, 4.69) is 124 Å². The number of nitrogens with zero attached hydrogens (tertiary/aromatic N) is 4. The SMILES string of the molecule is c1ccc(-c2cnc(-n3c4ccccc4c4ccc5c(ccc6c7ccccc7n(-c7ccccc7)c65)c43)cn2)cc1. The second kappa shape index (κ2) is 8.88. The first-order chi connectivity index (χ1) is 20.9. The Bertz CT molecular complexity index is 2430. The molecule has 0 aliphatic rings. The number of benzene rings is 6. The molecule has 9 rings (SSSR count). The Hall–Kier alpha value is -5.74. The molecule has 0 spiro atoms. The lowest BCUT2D eigenvalue weighted by molar-refractivity contribution is 1.05. The van der Waals surface area contributed by atoms with E-state index >= 15 is 0 Å². The second-order valence-corrected chi connectivity index (χ2v) is 10.7. The number of hydrogen-bond acceptors (Lipinski definition) is 2. The molecule has 0 atom stereocenters. The highest BCUT2D eigenvalue weighted by molar-refractivity contribution is 6.26. The van der Waals surface area contributed by atoms with Gasteiger partial charge in [-0.1, -0.05) is 109 Å². The maximum absolute atomic E-state index is 4.96. The Kier molecular flexibility index (Phi) is 4.87. The zero-order chi connectivity index (χ0) is 27.6. The summed E-state index contributed by atoms with van der Waals surface area (Å²) >= 11 is 0. The molecule has 0 saturated heterocycles. The topological polar surface area (TPSA) is 35.6 Å². The van der Waals surface area contributed by atoms with Crippen molar-refractivity contribution < 1.29 is 0 Å². The van der Waals surface area contributed by atoms with Crippen LogP contribution in [0.2, 0.25) is 0 Å². The van der Waals surface area contributed by atoms with Crippen LogP contribution in [0.15, 0.2) is 146 Å². The molecule has 0 unspecified atom stereocenters. The van der Waals surface area contributed by atoms with Gasteiger partial charge < -0.3 is 4.57 Å². The first-order valence-corrected chi connectivity index (χ1v) is 14.2. The lowest BCUT2D eigenvalue weighted by Crippen LogP contribution is -2.00. The van der Waals surface area contributed by atoms with Crippen LogP contribution in [0.3, 0.4) is 0 Å². The quantitative estimate of drug-likeness (QED) is 0.225. The van der Waals surface area contributed by atoms with Gasteiger partial charge in [-0.2, -0.15) is 0 Å². The molecule has 42 heavy (non-hydrogen) atoms. The molecule has 4 nitrogen and oxygen atoms in total. The van der Waals surface area contributed by atoms with Crippen molar-refractivity contribution in [3.05, 3.63) is 146 Å². The number of rotatable bonds is 3. The Morgan fingerprint density at radius 2 is 0.881 bits per heavy atom. The van der Waals surface area contributed by atoms with Gasteiger partial charge in [0.25, 0.3) is 0 Å². The molecular weight excluding hydrogens is 512 g/mol. The standard InChI is InChI=1S/C38H24N4/c1-3-11-25(12-4-1)33-23-40-36(24-39-33)42-35-18-10-8-16-28(35)30-20-21-31-32(38(30)42)22-19-29-27-15-7-9-17-34(27)41(37(29)31)26-13-5-2-6-14-26/h1-24H. The Labute approximate surface area is 241 Å². The summed E-state index contributed by atoms with van der Waals surface area (Å²) < 4.78 is 4.68. The average molecular weight is 537 g/mol. The van der Waals surface area contributed by atoms with Gasteiger partial charge in [-0.25, -0.2) is 4.98 Å². The Morgan fingerprint density at radius 3 is 1.48 bits per heavy atom. The molecule has 0 radical (unpaired) electrons. The summed E-state index contributed by atoms with van der Waals surface area (Å²) in [4.78, 5) is 9.81. The summed E-state index contributed by atoms with van der Waals surface area (Å²) in [5, 5.41) is 7.29. The van der Waals surface area contributed by atoms with Crippen LogP contribution < -0.4 is 0 Å². The van der Waals surface area contributed by atoms with Gasteiger partial charge in [0.05, 0.1) is 40.2 Å². The van der Waals surface area contributed by atoms with E-state index in [1.807, 2.05) is 30.6 Å². The third kappa shape index (κ3) is 3.23. The molecule has 0 bridgehead atoms. The maximum atomic E-state index is 4.96. The minimum Gasteiger partial charge on any atom is -0.309 e.